The fraction of sp³-hybridized carbons (Fsp3) is 0.312. The van der Waals surface area contributed by atoms with Crippen LogP contribution in [0.4, 0.5) is 0 Å². The first-order chi connectivity index (χ1) is 18.3. The van der Waals surface area contributed by atoms with Crippen LogP contribution in [0.1, 0.15) is 37.3 Å². The van der Waals surface area contributed by atoms with Gasteiger partial charge >= 0.3 is 0 Å². The Labute approximate surface area is 219 Å². The monoisotopic (exact) mass is 490 g/mol. The highest BCUT2D eigenvalue weighted by Crippen LogP contribution is 2.39. The third-order valence-corrected chi connectivity index (χ3v) is 7.78. The van der Waals surface area contributed by atoms with Gasteiger partial charge in [0.1, 0.15) is 18.1 Å². The largest absolute Gasteiger partial charge is 0.489 e. The Morgan fingerprint density at radius 3 is 2.35 bits per heavy atom. The Hall–Kier alpha value is -3.70. The maximum Gasteiger partial charge on any atom is 0.157 e. The van der Waals surface area contributed by atoms with E-state index in [0.717, 1.165) is 65.4 Å². The van der Waals surface area contributed by atoms with Crippen LogP contribution in [-0.2, 0) is 5.54 Å². The highest BCUT2D eigenvalue weighted by atomic mass is 16.5. The number of pyridine rings is 1. The normalized spacial score (nSPS) is 19.6. The average Bonchev–Trinajstić information content (AvgIpc) is 3.64. The summed E-state index contributed by atoms with van der Waals surface area (Å²) in [6, 6.07) is 29.4. The van der Waals surface area contributed by atoms with Crippen LogP contribution in [0.25, 0.3) is 22.2 Å². The molecule has 5 nitrogen and oxygen atoms in total. The van der Waals surface area contributed by atoms with E-state index in [1.807, 2.05) is 12.1 Å². The van der Waals surface area contributed by atoms with E-state index in [2.05, 4.69) is 89.9 Å². The highest BCUT2D eigenvalue weighted by molar-refractivity contribution is 6.13. The Morgan fingerprint density at radius 1 is 0.892 bits per heavy atom. The van der Waals surface area contributed by atoms with Crippen molar-refractivity contribution in [3.8, 4) is 17.0 Å². The maximum absolute atomic E-state index is 6.69. The standard InChI is InChI=1S/C32H34N4O/c1-2-32(25-15-7-4-8-16-25)23-33-31(35-32)28-26-17-9-10-18-27(26)34-29(24-13-5-3-6-14-24)30(28)37-22-21-36-19-11-12-20-36/h3-10,13-18H,2,11-12,19-23H2,1H3,(H,33,35). The fourth-order valence-electron chi connectivity index (χ4n) is 5.63. The molecule has 1 N–H and O–H groups in total. The number of amidine groups is 1. The molecule has 0 bridgehead atoms. The molecule has 1 aromatic heterocycles. The number of hydrogen-bond acceptors (Lipinski definition) is 5. The number of hydrogen-bond donors (Lipinski definition) is 1. The molecule has 1 unspecified atom stereocenters. The number of rotatable bonds is 8. The van der Waals surface area contributed by atoms with Gasteiger partial charge in [-0.15, -0.1) is 0 Å². The molecular formula is C32H34N4O. The second-order valence-electron chi connectivity index (χ2n) is 10.0. The van der Waals surface area contributed by atoms with Crippen molar-refractivity contribution in [2.45, 2.75) is 31.7 Å². The lowest BCUT2D eigenvalue weighted by Crippen LogP contribution is -2.42. The van der Waals surface area contributed by atoms with Crippen molar-refractivity contribution in [3.63, 3.8) is 0 Å². The molecular weight excluding hydrogens is 456 g/mol. The summed E-state index contributed by atoms with van der Waals surface area (Å²) in [5, 5.41) is 4.92. The van der Waals surface area contributed by atoms with E-state index in [1.54, 1.807) is 0 Å². The zero-order valence-corrected chi connectivity index (χ0v) is 21.5. The minimum atomic E-state index is -0.235. The van der Waals surface area contributed by atoms with Gasteiger partial charge in [-0.1, -0.05) is 85.8 Å². The fourth-order valence-corrected chi connectivity index (χ4v) is 5.63. The third-order valence-electron chi connectivity index (χ3n) is 7.78. The van der Waals surface area contributed by atoms with Crippen LogP contribution in [0.5, 0.6) is 5.75 Å². The molecule has 1 atom stereocenters. The van der Waals surface area contributed by atoms with Gasteiger partial charge < -0.3 is 10.1 Å². The van der Waals surface area contributed by atoms with Gasteiger partial charge in [0, 0.05) is 17.5 Å². The third kappa shape index (κ3) is 4.60. The van der Waals surface area contributed by atoms with E-state index in [0.29, 0.717) is 13.2 Å². The van der Waals surface area contributed by atoms with Crippen LogP contribution in [0.15, 0.2) is 89.9 Å². The molecule has 0 aliphatic carbocycles. The summed E-state index contributed by atoms with van der Waals surface area (Å²) in [7, 11) is 0. The van der Waals surface area contributed by atoms with Gasteiger partial charge in [-0.2, -0.15) is 0 Å². The number of para-hydroxylation sites is 1. The van der Waals surface area contributed by atoms with Gasteiger partial charge in [0.05, 0.1) is 23.2 Å². The number of nitrogens with one attached hydrogen (secondary N) is 1. The zero-order chi connectivity index (χ0) is 25.1. The first-order valence-electron chi connectivity index (χ1n) is 13.5. The van der Waals surface area contributed by atoms with Crippen molar-refractivity contribution in [2.24, 2.45) is 4.99 Å². The lowest BCUT2D eigenvalue weighted by atomic mass is 9.88. The number of benzene rings is 3. The topological polar surface area (TPSA) is 49.8 Å². The van der Waals surface area contributed by atoms with E-state index < -0.39 is 0 Å². The number of ether oxygens (including phenoxy) is 1. The minimum absolute atomic E-state index is 0.235. The van der Waals surface area contributed by atoms with Gasteiger partial charge in [-0.3, -0.25) is 9.89 Å². The molecule has 4 aromatic rings. The highest BCUT2D eigenvalue weighted by Gasteiger charge is 2.37. The summed E-state index contributed by atoms with van der Waals surface area (Å²) in [4.78, 5) is 12.7. The number of aliphatic imine (C=N–C) groups is 1. The van der Waals surface area contributed by atoms with Gasteiger partial charge in [-0.25, -0.2) is 4.98 Å². The van der Waals surface area contributed by atoms with Gasteiger partial charge in [0.2, 0.25) is 0 Å². The van der Waals surface area contributed by atoms with E-state index in [-0.39, 0.29) is 5.54 Å². The minimum Gasteiger partial charge on any atom is -0.489 e. The number of aromatic nitrogens is 1. The molecule has 188 valence electrons. The SMILES string of the molecule is CCC1(c2ccccc2)CN=C(c2c(OCCN3CCCC3)c(-c3ccccc3)nc3ccccc23)N1. The van der Waals surface area contributed by atoms with Crippen LogP contribution >= 0.6 is 0 Å². The lowest BCUT2D eigenvalue weighted by molar-refractivity contribution is 0.238. The molecule has 0 amide bonds. The van der Waals surface area contributed by atoms with Crippen molar-refractivity contribution in [1.29, 1.82) is 0 Å². The number of fused-ring (bicyclic) bond motifs is 1. The van der Waals surface area contributed by atoms with Crippen LogP contribution in [-0.4, -0.2) is 48.5 Å². The Balaban J connectivity index is 1.46. The molecule has 0 radical (unpaired) electrons. The molecule has 0 saturated carbocycles. The molecule has 3 aromatic carbocycles. The second kappa shape index (κ2) is 10.3. The summed E-state index contributed by atoms with van der Waals surface area (Å²) in [6.45, 7) is 6.77. The molecule has 3 heterocycles. The predicted octanol–water partition coefficient (Wildman–Crippen LogP) is 6.03. The number of likely N-dealkylation sites (tertiary alicyclic amines) is 1. The summed E-state index contributed by atoms with van der Waals surface area (Å²) in [5.41, 5.74) is 4.90. The molecule has 1 saturated heterocycles. The van der Waals surface area contributed by atoms with Crippen molar-refractivity contribution in [1.82, 2.24) is 15.2 Å². The lowest BCUT2D eigenvalue weighted by Gasteiger charge is -2.29. The molecule has 1 fully saturated rings. The number of nitrogens with zero attached hydrogens (tertiary/aromatic N) is 3. The van der Waals surface area contributed by atoms with Crippen molar-refractivity contribution >= 4 is 16.7 Å². The summed E-state index contributed by atoms with van der Waals surface area (Å²) >= 11 is 0. The van der Waals surface area contributed by atoms with Crippen LogP contribution in [0.2, 0.25) is 0 Å². The smallest absolute Gasteiger partial charge is 0.157 e. The first kappa shape index (κ1) is 23.7. The average molecular weight is 491 g/mol. The Kier molecular flexibility index (Phi) is 6.62. The van der Waals surface area contributed by atoms with Crippen molar-refractivity contribution < 1.29 is 4.74 Å². The Bertz CT molecular complexity index is 1400. The van der Waals surface area contributed by atoms with Crippen molar-refractivity contribution in [3.05, 3.63) is 96.1 Å². The van der Waals surface area contributed by atoms with Crippen molar-refractivity contribution in [2.75, 3.05) is 32.8 Å². The molecule has 5 heteroatoms. The van der Waals surface area contributed by atoms with Crippen LogP contribution in [0, 0.1) is 0 Å². The van der Waals surface area contributed by atoms with E-state index >= 15 is 0 Å². The van der Waals surface area contributed by atoms with E-state index in [4.69, 9.17) is 14.7 Å². The quantitative estimate of drug-likeness (QED) is 0.328. The first-order valence-corrected chi connectivity index (χ1v) is 13.5. The second-order valence-corrected chi connectivity index (χ2v) is 10.0. The maximum atomic E-state index is 6.69. The van der Waals surface area contributed by atoms with Crippen LogP contribution in [0.3, 0.4) is 0 Å². The molecule has 6 rings (SSSR count). The summed E-state index contributed by atoms with van der Waals surface area (Å²) < 4.78 is 6.69. The van der Waals surface area contributed by atoms with Gasteiger partial charge in [-0.05, 0) is 44.0 Å². The van der Waals surface area contributed by atoms with Crippen LogP contribution < -0.4 is 10.1 Å². The van der Waals surface area contributed by atoms with E-state index in [9.17, 15) is 0 Å². The van der Waals surface area contributed by atoms with E-state index in [1.165, 1.54) is 18.4 Å². The van der Waals surface area contributed by atoms with Gasteiger partial charge in [0.15, 0.2) is 5.75 Å². The zero-order valence-electron chi connectivity index (χ0n) is 21.5. The predicted molar refractivity (Wildman–Crippen MR) is 151 cm³/mol. The molecule has 2 aliphatic rings. The molecule has 37 heavy (non-hydrogen) atoms. The molecule has 2 aliphatic heterocycles. The summed E-state index contributed by atoms with van der Waals surface area (Å²) in [5.74, 6) is 1.70. The molecule has 0 spiro atoms. The van der Waals surface area contributed by atoms with Gasteiger partial charge in [0.25, 0.3) is 0 Å². The summed E-state index contributed by atoms with van der Waals surface area (Å²) in [6.07, 6.45) is 3.48. The Morgan fingerprint density at radius 2 is 1.59 bits per heavy atom.